The van der Waals surface area contributed by atoms with E-state index in [1.807, 2.05) is 12.1 Å². The number of benzene rings is 1. The quantitative estimate of drug-likeness (QED) is 0.545. The Morgan fingerprint density at radius 3 is 2.73 bits per heavy atom. The molecule has 1 fully saturated rings. The molecule has 2 aromatic rings. The highest BCUT2D eigenvalue weighted by atomic mass is 35.5. The van der Waals surface area contributed by atoms with E-state index < -0.39 is 0 Å². The number of aromatic nitrogens is 1. The van der Waals surface area contributed by atoms with Crippen LogP contribution in [0.25, 0.3) is 0 Å². The lowest BCUT2D eigenvalue weighted by molar-refractivity contribution is 0.143. The van der Waals surface area contributed by atoms with E-state index >= 15 is 0 Å². The molecule has 0 saturated carbocycles. The molecule has 0 amide bonds. The number of nitrogens with two attached hydrogens (primary N) is 1. The van der Waals surface area contributed by atoms with Crippen molar-refractivity contribution >= 4 is 57.8 Å². The number of rotatable bonds is 6. The van der Waals surface area contributed by atoms with Gasteiger partial charge in [0, 0.05) is 30.6 Å². The van der Waals surface area contributed by atoms with Crippen molar-refractivity contribution in [1.82, 2.24) is 9.88 Å². The van der Waals surface area contributed by atoms with Crippen LogP contribution in [0.4, 0.5) is 10.8 Å². The van der Waals surface area contributed by atoms with Crippen molar-refractivity contribution in [2.75, 3.05) is 36.8 Å². The Balaban J connectivity index is 0.00000256. The maximum Gasteiger partial charge on any atom is 0.180 e. The molecule has 1 aromatic carbocycles. The van der Waals surface area contributed by atoms with Crippen molar-refractivity contribution in [3.63, 3.8) is 0 Å². The van der Waals surface area contributed by atoms with Gasteiger partial charge < -0.3 is 10.6 Å². The summed E-state index contributed by atoms with van der Waals surface area (Å²) in [5, 5.41) is 2.05. The van der Waals surface area contributed by atoms with Crippen molar-refractivity contribution < 1.29 is 0 Å². The van der Waals surface area contributed by atoms with Gasteiger partial charge in [-0.25, -0.2) is 4.98 Å². The van der Waals surface area contributed by atoms with E-state index in [4.69, 9.17) is 28.9 Å². The summed E-state index contributed by atoms with van der Waals surface area (Å²) in [4.78, 5) is 11.0. The third kappa shape index (κ3) is 5.36. The van der Waals surface area contributed by atoms with E-state index in [1.165, 1.54) is 49.3 Å². The number of nitrogens with zero attached hydrogens (tertiary/aromatic N) is 3. The molecule has 0 radical (unpaired) electrons. The Labute approximate surface area is 200 Å². The van der Waals surface area contributed by atoms with Gasteiger partial charge in [0.25, 0.3) is 0 Å². The molecule has 1 aromatic heterocycles. The predicted octanol–water partition coefficient (Wildman–Crippen LogP) is 5.94. The first-order valence-corrected chi connectivity index (χ1v) is 12.3. The van der Waals surface area contributed by atoms with Gasteiger partial charge in [0.15, 0.2) is 5.13 Å². The molecular weight excluding hydrogens is 459 g/mol. The molecule has 0 bridgehead atoms. The van der Waals surface area contributed by atoms with Gasteiger partial charge in [0.05, 0.1) is 21.4 Å². The highest BCUT2D eigenvalue weighted by Crippen LogP contribution is 2.35. The van der Waals surface area contributed by atoms with Crippen LogP contribution in [0.3, 0.4) is 0 Å². The SMILES string of the molecule is CCCN(CC1CCN(c2cccc(Cl)c2Cl)CC1)[C@H]1CCc2nc(N)sc2C1.Cl. The number of fused-ring (bicyclic) bond motifs is 1. The minimum absolute atomic E-state index is 0. The molecule has 1 saturated heterocycles. The van der Waals surface area contributed by atoms with Crippen LogP contribution < -0.4 is 10.6 Å². The highest BCUT2D eigenvalue weighted by Gasteiger charge is 2.29. The maximum absolute atomic E-state index is 6.44. The van der Waals surface area contributed by atoms with Crippen molar-refractivity contribution in [3.8, 4) is 0 Å². The van der Waals surface area contributed by atoms with E-state index in [1.54, 1.807) is 11.3 Å². The number of piperidine rings is 1. The minimum atomic E-state index is 0. The molecule has 0 spiro atoms. The summed E-state index contributed by atoms with van der Waals surface area (Å²) in [6.45, 7) is 6.75. The summed E-state index contributed by atoms with van der Waals surface area (Å²) in [6.07, 6.45) is 6.99. The normalized spacial score (nSPS) is 19.6. The molecule has 4 nitrogen and oxygen atoms in total. The average Bonchev–Trinajstić information content (AvgIpc) is 3.09. The van der Waals surface area contributed by atoms with Crippen molar-refractivity contribution in [2.24, 2.45) is 5.92 Å². The van der Waals surface area contributed by atoms with Crippen LogP contribution in [0.2, 0.25) is 10.0 Å². The van der Waals surface area contributed by atoms with Crippen LogP contribution in [-0.4, -0.2) is 42.1 Å². The zero-order valence-electron chi connectivity index (χ0n) is 17.4. The fourth-order valence-corrected chi connectivity index (χ4v) is 6.19. The zero-order valence-corrected chi connectivity index (χ0v) is 20.6. The summed E-state index contributed by atoms with van der Waals surface area (Å²) < 4.78 is 0. The van der Waals surface area contributed by atoms with Crippen LogP contribution in [0.5, 0.6) is 0 Å². The Hall–Kier alpha value is -0.720. The number of nitrogen functional groups attached to an aromatic ring is 1. The first-order chi connectivity index (χ1) is 14.0. The second kappa shape index (κ2) is 10.7. The lowest BCUT2D eigenvalue weighted by Gasteiger charge is -2.39. The molecule has 1 atom stereocenters. The van der Waals surface area contributed by atoms with Gasteiger partial charge in [0.1, 0.15) is 0 Å². The fraction of sp³-hybridized carbons (Fsp3) is 0.591. The highest BCUT2D eigenvalue weighted by molar-refractivity contribution is 7.15. The first kappa shape index (κ1) is 23.9. The zero-order chi connectivity index (χ0) is 20.4. The van der Waals surface area contributed by atoms with Gasteiger partial charge in [-0.2, -0.15) is 0 Å². The van der Waals surface area contributed by atoms with Crippen LogP contribution >= 0.6 is 46.9 Å². The molecule has 4 rings (SSSR count). The molecule has 2 heterocycles. The van der Waals surface area contributed by atoms with Gasteiger partial charge in [0.2, 0.25) is 0 Å². The van der Waals surface area contributed by atoms with Crippen LogP contribution in [0.1, 0.15) is 43.2 Å². The molecule has 2 aliphatic rings. The number of thiazole rings is 1. The van der Waals surface area contributed by atoms with E-state index in [2.05, 4.69) is 27.8 Å². The second-order valence-electron chi connectivity index (χ2n) is 8.32. The number of aryl methyl sites for hydroxylation is 1. The third-order valence-electron chi connectivity index (χ3n) is 6.34. The van der Waals surface area contributed by atoms with Crippen LogP contribution in [-0.2, 0) is 12.8 Å². The molecule has 30 heavy (non-hydrogen) atoms. The monoisotopic (exact) mass is 488 g/mol. The number of hydrogen-bond acceptors (Lipinski definition) is 5. The van der Waals surface area contributed by atoms with E-state index in [9.17, 15) is 0 Å². The second-order valence-corrected chi connectivity index (χ2v) is 10.2. The first-order valence-electron chi connectivity index (χ1n) is 10.7. The lowest BCUT2D eigenvalue weighted by atomic mass is 9.92. The number of anilines is 2. The Morgan fingerprint density at radius 2 is 2.00 bits per heavy atom. The van der Waals surface area contributed by atoms with Gasteiger partial charge in [-0.05, 0) is 63.1 Å². The molecule has 0 unspecified atom stereocenters. The summed E-state index contributed by atoms with van der Waals surface area (Å²) in [5.41, 5.74) is 8.26. The smallest absolute Gasteiger partial charge is 0.180 e. The molecule has 8 heteroatoms. The van der Waals surface area contributed by atoms with E-state index in [0.29, 0.717) is 16.1 Å². The average molecular weight is 490 g/mol. The van der Waals surface area contributed by atoms with E-state index in [-0.39, 0.29) is 12.4 Å². The summed E-state index contributed by atoms with van der Waals surface area (Å²) in [5.74, 6) is 0.740. The number of hydrogen-bond donors (Lipinski definition) is 1. The Morgan fingerprint density at radius 1 is 1.23 bits per heavy atom. The van der Waals surface area contributed by atoms with Crippen molar-refractivity contribution in [2.45, 2.75) is 51.5 Å². The predicted molar refractivity (Wildman–Crippen MR) is 133 cm³/mol. The van der Waals surface area contributed by atoms with Crippen molar-refractivity contribution in [1.29, 1.82) is 0 Å². The van der Waals surface area contributed by atoms with Crippen LogP contribution in [0, 0.1) is 5.92 Å². The molecule has 1 aliphatic heterocycles. The van der Waals surface area contributed by atoms with Gasteiger partial charge in [-0.3, -0.25) is 4.90 Å². The fourth-order valence-electron chi connectivity index (χ4n) is 4.82. The Kier molecular flexibility index (Phi) is 8.56. The summed E-state index contributed by atoms with van der Waals surface area (Å²) >= 11 is 14.3. The topological polar surface area (TPSA) is 45.4 Å². The van der Waals surface area contributed by atoms with E-state index in [0.717, 1.165) is 42.7 Å². The van der Waals surface area contributed by atoms with Gasteiger partial charge in [-0.15, -0.1) is 23.7 Å². The minimum Gasteiger partial charge on any atom is -0.375 e. The van der Waals surface area contributed by atoms with Gasteiger partial charge >= 0.3 is 0 Å². The van der Waals surface area contributed by atoms with Crippen molar-refractivity contribution in [3.05, 3.63) is 38.8 Å². The largest absolute Gasteiger partial charge is 0.375 e. The maximum atomic E-state index is 6.44. The summed E-state index contributed by atoms with van der Waals surface area (Å²) in [6, 6.07) is 6.55. The molecule has 2 N–H and O–H groups in total. The molecule has 1 aliphatic carbocycles. The van der Waals surface area contributed by atoms with Crippen LogP contribution in [0.15, 0.2) is 18.2 Å². The third-order valence-corrected chi connectivity index (χ3v) is 8.09. The summed E-state index contributed by atoms with van der Waals surface area (Å²) in [7, 11) is 0. The number of halogens is 3. The standard InChI is InChI=1S/C22H30Cl2N4S.ClH/c1-2-10-28(16-6-7-18-20(13-16)29-22(25)26-18)14-15-8-11-27(12-9-15)19-5-3-4-17(23)21(19)24;/h3-5,15-16H,2,6-14H2,1H3,(H2,25,26);1H/t16-;/m0./s1. The lowest BCUT2D eigenvalue weighted by Crippen LogP contribution is -2.45. The molecular formula is C22H31Cl3N4S. The van der Waals surface area contributed by atoms with Gasteiger partial charge in [-0.1, -0.05) is 36.2 Å². The molecule has 166 valence electrons. The Bertz CT molecular complexity index is 836.